The number of ether oxygens (including phenoxy) is 4. The van der Waals surface area contributed by atoms with Crippen LogP contribution in [0.15, 0.2) is 46.0 Å². The Morgan fingerprint density at radius 1 is 0.967 bits per heavy atom. The lowest BCUT2D eigenvalue weighted by Gasteiger charge is -2.12. The van der Waals surface area contributed by atoms with Gasteiger partial charge in [-0.3, -0.25) is 4.79 Å². The van der Waals surface area contributed by atoms with Gasteiger partial charge in [-0.05, 0) is 36.4 Å². The normalized spacial score (nSPS) is 10.4. The van der Waals surface area contributed by atoms with Gasteiger partial charge in [0.25, 0.3) is 5.22 Å². The monoisotopic (exact) mass is 431 g/mol. The van der Waals surface area contributed by atoms with E-state index in [1.54, 1.807) is 43.5 Å². The summed E-state index contributed by atoms with van der Waals surface area (Å²) in [5, 5.41) is 11.1. The van der Waals surface area contributed by atoms with Gasteiger partial charge in [0, 0.05) is 11.3 Å². The van der Waals surface area contributed by atoms with Crippen molar-refractivity contribution in [3.63, 3.8) is 0 Å². The third-order valence-corrected chi connectivity index (χ3v) is 4.84. The minimum atomic E-state index is -0.197. The van der Waals surface area contributed by atoms with Gasteiger partial charge in [-0.15, -0.1) is 10.2 Å². The maximum absolute atomic E-state index is 12.2. The fourth-order valence-electron chi connectivity index (χ4n) is 2.59. The summed E-state index contributed by atoms with van der Waals surface area (Å²) in [6.07, 6.45) is 0. The van der Waals surface area contributed by atoms with Gasteiger partial charge >= 0.3 is 0 Å². The SMILES string of the molecule is COc1ccc(NC(=O)CSc2nnc(-c3cc(OC)c(OC)c(OC)c3)o2)cc1. The largest absolute Gasteiger partial charge is 0.497 e. The summed E-state index contributed by atoms with van der Waals surface area (Å²) >= 11 is 1.13. The number of aromatic nitrogens is 2. The van der Waals surface area contributed by atoms with E-state index in [0.29, 0.717) is 34.2 Å². The Morgan fingerprint density at radius 2 is 1.63 bits per heavy atom. The Hall–Kier alpha value is -3.40. The third kappa shape index (κ3) is 4.95. The highest BCUT2D eigenvalue weighted by Crippen LogP contribution is 2.41. The van der Waals surface area contributed by atoms with Crippen molar-refractivity contribution >= 4 is 23.4 Å². The molecule has 0 bridgehead atoms. The van der Waals surface area contributed by atoms with Crippen LogP contribution in [0.4, 0.5) is 5.69 Å². The number of benzene rings is 2. The summed E-state index contributed by atoms with van der Waals surface area (Å²) < 4.78 is 26.7. The first-order chi connectivity index (χ1) is 14.6. The zero-order chi connectivity index (χ0) is 21.5. The molecule has 0 saturated carbocycles. The van der Waals surface area contributed by atoms with Crippen LogP contribution in [0, 0.1) is 0 Å². The van der Waals surface area contributed by atoms with Crippen molar-refractivity contribution in [2.24, 2.45) is 0 Å². The summed E-state index contributed by atoms with van der Waals surface area (Å²) in [5.74, 6) is 2.31. The second-order valence-electron chi connectivity index (χ2n) is 5.85. The highest BCUT2D eigenvalue weighted by molar-refractivity contribution is 7.99. The molecule has 3 aromatic rings. The van der Waals surface area contributed by atoms with Gasteiger partial charge in [-0.1, -0.05) is 11.8 Å². The molecule has 0 aliphatic carbocycles. The van der Waals surface area contributed by atoms with E-state index < -0.39 is 0 Å². The van der Waals surface area contributed by atoms with Crippen LogP contribution in [0.5, 0.6) is 23.0 Å². The molecule has 30 heavy (non-hydrogen) atoms. The van der Waals surface area contributed by atoms with Crippen molar-refractivity contribution in [2.45, 2.75) is 5.22 Å². The standard InChI is InChI=1S/C20H21N3O6S/c1-25-14-7-5-13(6-8-14)21-17(24)11-30-20-23-22-19(29-20)12-9-15(26-2)18(28-4)16(10-12)27-3/h5-10H,11H2,1-4H3,(H,21,24). The topological polar surface area (TPSA) is 105 Å². The van der Waals surface area contributed by atoms with Crippen molar-refractivity contribution in [1.29, 1.82) is 0 Å². The molecule has 9 nitrogen and oxygen atoms in total. The molecule has 0 spiro atoms. The highest BCUT2D eigenvalue weighted by Gasteiger charge is 2.18. The van der Waals surface area contributed by atoms with Crippen LogP contribution in [-0.4, -0.2) is 50.3 Å². The molecule has 3 rings (SSSR count). The Morgan fingerprint density at radius 3 is 2.20 bits per heavy atom. The van der Waals surface area contributed by atoms with Crippen molar-refractivity contribution in [3.8, 4) is 34.5 Å². The number of hydrogen-bond acceptors (Lipinski definition) is 9. The van der Waals surface area contributed by atoms with Crippen LogP contribution in [-0.2, 0) is 4.79 Å². The van der Waals surface area contributed by atoms with Crippen LogP contribution in [0.3, 0.4) is 0 Å². The second-order valence-corrected chi connectivity index (χ2v) is 6.78. The second kappa shape index (κ2) is 9.88. The van der Waals surface area contributed by atoms with Crippen LogP contribution in [0.2, 0.25) is 0 Å². The molecule has 0 atom stereocenters. The smallest absolute Gasteiger partial charge is 0.277 e. The molecule has 0 saturated heterocycles. The molecular formula is C20H21N3O6S. The summed E-state index contributed by atoms with van der Waals surface area (Å²) in [5.41, 5.74) is 1.27. The number of rotatable bonds is 9. The summed E-state index contributed by atoms with van der Waals surface area (Å²) in [7, 11) is 6.16. The van der Waals surface area contributed by atoms with E-state index in [4.69, 9.17) is 23.4 Å². The minimum Gasteiger partial charge on any atom is -0.497 e. The Balaban J connectivity index is 1.65. The number of carbonyl (C=O) groups is 1. The predicted octanol–water partition coefficient (Wildman–Crippen LogP) is 3.50. The van der Waals surface area contributed by atoms with E-state index >= 15 is 0 Å². The molecule has 0 radical (unpaired) electrons. The fourth-order valence-corrected chi connectivity index (χ4v) is 3.15. The van der Waals surface area contributed by atoms with E-state index in [1.165, 1.54) is 21.3 Å². The maximum atomic E-state index is 12.2. The van der Waals surface area contributed by atoms with Crippen molar-refractivity contribution in [2.75, 3.05) is 39.5 Å². The predicted molar refractivity (Wildman–Crippen MR) is 112 cm³/mol. The van der Waals surface area contributed by atoms with E-state index in [-0.39, 0.29) is 22.8 Å². The first kappa shape index (κ1) is 21.3. The van der Waals surface area contributed by atoms with Crippen LogP contribution in [0.25, 0.3) is 11.5 Å². The van der Waals surface area contributed by atoms with Crippen molar-refractivity contribution in [3.05, 3.63) is 36.4 Å². The zero-order valence-electron chi connectivity index (χ0n) is 16.9. The maximum Gasteiger partial charge on any atom is 0.277 e. The highest BCUT2D eigenvalue weighted by atomic mass is 32.2. The summed E-state index contributed by atoms with van der Waals surface area (Å²) in [4.78, 5) is 12.2. The van der Waals surface area contributed by atoms with Gasteiger partial charge in [0.1, 0.15) is 5.75 Å². The van der Waals surface area contributed by atoms with Crippen LogP contribution < -0.4 is 24.3 Å². The number of anilines is 1. The van der Waals surface area contributed by atoms with E-state index in [2.05, 4.69) is 15.5 Å². The third-order valence-electron chi connectivity index (χ3n) is 4.02. The molecule has 1 amide bonds. The lowest BCUT2D eigenvalue weighted by molar-refractivity contribution is -0.113. The Kier molecular flexibility index (Phi) is 7.02. The van der Waals surface area contributed by atoms with E-state index in [9.17, 15) is 4.79 Å². The minimum absolute atomic E-state index is 0.114. The Labute approximate surface area is 177 Å². The molecule has 0 aliphatic rings. The number of nitrogens with one attached hydrogen (secondary N) is 1. The molecule has 0 fully saturated rings. The number of thioether (sulfide) groups is 1. The zero-order valence-corrected chi connectivity index (χ0v) is 17.7. The van der Waals surface area contributed by atoms with Gasteiger partial charge in [-0.25, -0.2) is 0 Å². The molecular weight excluding hydrogens is 410 g/mol. The molecule has 158 valence electrons. The average molecular weight is 431 g/mol. The first-order valence-corrected chi connectivity index (χ1v) is 9.77. The van der Waals surface area contributed by atoms with Gasteiger partial charge in [0.05, 0.1) is 34.2 Å². The molecule has 2 aromatic carbocycles. The molecule has 1 aromatic heterocycles. The number of nitrogens with zero attached hydrogens (tertiary/aromatic N) is 2. The quantitative estimate of drug-likeness (QED) is 0.510. The molecule has 10 heteroatoms. The van der Waals surface area contributed by atoms with Gasteiger partial charge in [-0.2, -0.15) is 0 Å². The molecule has 1 heterocycles. The number of hydrogen-bond donors (Lipinski definition) is 1. The summed E-state index contributed by atoms with van der Waals surface area (Å²) in [6.45, 7) is 0. The number of carbonyl (C=O) groups excluding carboxylic acids is 1. The fraction of sp³-hybridized carbons (Fsp3) is 0.250. The lowest BCUT2D eigenvalue weighted by atomic mass is 10.2. The summed E-state index contributed by atoms with van der Waals surface area (Å²) in [6, 6.07) is 10.5. The van der Waals surface area contributed by atoms with Crippen molar-refractivity contribution in [1.82, 2.24) is 10.2 Å². The van der Waals surface area contributed by atoms with Gasteiger partial charge in [0.15, 0.2) is 11.5 Å². The first-order valence-electron chi connectivity index (χ1n) is 8.78. The molecule has 0 unspecified atom stereocenters. The molecule has 0 aliphatic heterocycles. The van der Waals surface area contributed by atoms with Crippen LogP contribution in [0.1, 0.15) is 0 Å². The van der Waals surface area contributed by atoms with Gasteiger partial charge in [0.2, 0.25) is 17.5 Å². The van der Waals surface area contributed by atoms with E-state index in [1.807, 2.05) is 0 Å². The van der Waals surface area contributed by atoms with Gasteiger partial charge < -0.3 is 28.7 Å². The van der Waals surface area contributed by atoms with Crippen molar-refractivity contribution < 1.29 is 28.2 Å². The number of amides is 1. The Bertz CT molecular complexity index is 981. The average Bonchev–Trinajstić information content (AvgIpc) is 3.26. The van der Waals surface area contributed by atoms with E-state index in [0.717, 1.165) is 11.8 Å². The lowest BCUT2D eigenvalue weighted by Crippen LogP contribution is -2.13. The van der Waals surface area contributed by atoms with Crippen LogP contribution >= 0.6 is 11.8 Å². The number of methoxy groups -OCH3 is 4. The molecule has 1 N–H and O–H groups in total.